The Hall–Kier alpha value is -1.64. The first-order chi connectivity index (χ1) is 13.0. The number of carbonyl (C=O) groups excluding carboxylic acids is 1. The molecule has 0 aromatic heterocycles. The lowest BCUT2D eigenvalue weighted by molar-refractivity contribution is -0.132. The Bertz CT molecular complexity index is 737. The summed E-state index contributed by atoms with van der Waals surface area (Å²) in [6.45, 7) is 2.74. The lowest BCUT2D eigenvalue weighted by Gasteiger charge is -2.36. The zero-order valence-electron chi connectivity index (χ0n) is 15.7. The summed E-state index contributed by atoms with van der Waals surface area (Å²) in [5, 5.41) is 9.80. The summed E-state index contributed by atoms with van der Waals surface area (Å²) in [6, 6.07) is 7.03. The highest BCUT2D eigenvalue weighted by Crippen LogP contribution is 2.20. The second-order valence-corrected chi connectivity index (χ2v) is 9.16. The van der Waals surface area contributed by atoms with Crippen molar-refractivity contribution in [3.63, 3.8) is 0 Å². The van der Waals surface area contributed by atoms with E-state index in [4.69, 9.17) is 0 Å². The van der Waals surface area contributed by atoms with Gasteiger partial charge in [-0.1, -0.05) is 31.0 Å². The molecule has 0 radical (unpaired) electrons. The Labute approximate surface area is 161 Å². The van der Waals surface area contributed by atoms with E-state index in [1.54, 1.807) is 21.3 Å². The SMILES string of the molecule is O=C(CCc1ccccc1O)N1CCN(S(=O)(=O)N2CCCCCC2)CC1. The molecule has 2 aliphatic heterocycles. The molecular formula is C19H29N3O4S. The van der Waals surface area contributed by atoms with Crippen LogP contribution in [-0.2, 0) is 21.4 Å². The summed E-state index contributed by atoms with van der Waals surface area (Å²) in [5.74, 6) is 0.212. The van der Waals surface area contributed by atoms with E-state index in [1.807, 2.05) is 12.1 Å². The van der Waals surface area contributed by atoms with Gasteiger partial charge in [-0.3, -0.25) is 4.79 Å². The minimum atomic E-state index is -3.42. The number of para-hydroxylation sites is 1. The number of piperazine rings is 1. The second kappa shape index (κ2) is 9.03. The fraction of sp³-hybridized carbons (Fsp3) is 0.632. The molecule has 3 rings (SSSR count). The standard InChI is InChI=1S/C19H29N3O4S/c23-18-8-4-3-7-17(18)9-10-19(24)20-13-15-22(16-14-20)27(25,26)21-11-5-1-2-6-12-21/h3-4,7-8,23H,1-2,5-6,9-16H2. The van der Waals surface area contributed by atoms with Crippen molar-refractivity contribution in [2.75, 3.05) is 39.3 Å². The summed E-state index contributed by atoms with van der Waals surface area (Å²) in [7, 11) is -3.42. The Morgan fingerprint density at radius 1 is 0.889 bits per heavy atom. The minimum Gasteiger partial charge on any atom is -0.508 e. The summed E-state index contributed by atoms with van der Waals surface area (Å²) >= 11 is 0. The first-order valence-electron chi connectivity index (χ1n) is 9.78. The molecule has 150 valence electrons. The van der Waals surface area contributed by atoms with E-state index in [2.05, 4.69) is 0 Å². The van der Waals surface area contributed by atoms with E-state index in [9.17, 15) is 18.3 Å². The van der Waals surface area contributed by atoms with Gasteiger partial charge in [0.05, 0.1) is 0 Å². The predicted octanol–water partition coefficient (Wildman–Crippen LogP) is 1.59. The molecule has 0 bridgehead atoms. The molecule has 27 heavy (non-hydrogen) atoms. The van der Waals surface area contributed by atoms with Crippen molar-refractivity contribution in [3.05, 3.63) is 29.8 Å². The van der Waals surface area contributed by atoms with Gasteiger partial charge in [-0.05, 0) is 30.9 Å². The zero-order valence-corrected chi connectivity index (χ0v) is 16.5. The van der Waals surface area contributed by atoms with Crippen LogP contribution >= 0.6 is 0 Å². The predicted molar refractivity (Wildman–Crippen MR) is 104 cm³/mol. The number of nitrogens with zero attached hydrogens (tertiary/aromatic N) is 3. The first kappa shape index (κ1) is 20.1. The number of hydrogen-bond acceptors (Lipinski definition) is 4. The molecule has 2 saturated heterocycles. The van der Waals surface area contributed by atoms with E-state index in [-0.39, 0.29) is 11.7 Å². The normalized spacial score (nSPS) is 20.4. The highest BCUT2D eigenvalue weighted by molar-refractivity contribution is 7.86. The molecule has 1 amide bonds. The van der Waals surface area contributed by atoms with Gasteiger partial charge in [0.15, 0.2) is 0 Å². The molecule has 0 aliphatic carbocycles. The maximum Gasteiger partial charge on any atom is 0.282 e. The largest absolute Gasteiger partial charge is 0.508 e. The number of phenolic OH excluding ortho intramolecular Hbond substituents is 1. The van der Waals surface area contributed by atoms with Crippen LogP contribution in [0.4, 0.5) is 0 Å². The number of carbonyl (C=O) groups is 1. The van der Waals surface area contributed by atoms with Crippen LogP contribution in [-0.4, -0.2) is 72.2 Å². The monoisotopic (exact) mass is 395 g/mol. The Balaban J connectivity index is 1.50. The Kier molecular flexibility index (Phi) is 6.73. The summed E-state index contributed by atoms with van der Waals surface area (Å²) in [6.07, 6.45) is 4.82. The van der Waals surface area contributed by atoms with E-state index < -0.39 is 10.2 Å². The molecule has 8 heteroatoms. The fourth-order valence-electron chi connectivity index (χ4n) is 3.73. The lowest BCUT2D eigenvalue weighted by atomic mass is 10.1. The van der Waals surface area contributed by atoms with Crippen molar-refractivity contribution < 1.29 is 18.3 Å². The highest BCUT2D eigenvalue weighted by Gasteiger charge is 2.33. The fourth-order valence-corrected chi connectivity index (χ4v) is 5.40. The third-order valence-electron chi connectivity index (χ3n) is 5.41. The molecule has 0 atom stereocenters. The van der Waals surface area contributed by atoms with Crippen LogP contribution in [0.15, 0.2) is 24.3 Å². The summed E-state index contributed by atoms with van der Waals surface area (Å²) < 4.78 is 28.8. The highest BCUT2D eigenvalue weighted by atomic mass is 32.2. The Morgan fingerprint density at radius 3 is 2.11 bits per heavy atom. The van der Waals surface area contributed by atoms with Gasteiger partial charge in [0.1, 0.15) is 5.75 Å². The number of benzene rings is 1. The van der Waals surface area contributed by atoms with Crippen LogP contribution in [0.1, 0.15) is 37.7 Å². The number of aromatic hydroxyl groups is 1. The lowest BCUT2D eigenvalue weighted by Crippen LogP contribution is -2.54. The number of rotatable bonds is 5. The van der Waals surface area contributed by atoms with Gasteiger partial charge in [0.25, 0.3) is 10.2 Å². The van der Waals surface area contributed by atoms with Gasteiger partial charge in [-0.2, -0.15) is 17.0 Å². The second-order valence-electron chi connectivity index (χ2n) is 7.23. The van der Waals surface area contributed by atoms with Gasteiger partial charge in [0, 0.05) is 45.7 Å². The minimum absolute atomic E-state index is 0.00470. The first-order valence-corrected chi connectivity index (χ1v) is 11.2. The number of amides is 1. The van der Waals surface area contributed by atoms with Crippen LogP contribution in [0.5, 0.6) is 5.75 Å². The van der Waals surface area contributed by atoms with Crippen LogP contribution < -0.4 is 0 Å². The van der Waals surface area contributed by atoms with E-state index >= 15 is 0 Å². The quantitative estimate of drug-likeness (QED) is 0.821. The van der Waals surface area contributed by atoms with Gasteiger partial charge >= 0.3 is 0 Å². The van der Waals surface area contributed by atoms with E-state index in [0.717, 1.165) is 31.2 Å². The van der Waals surface area contributed by atoms with Crippen LogP contribution in [0.3, 0.4) is 0 Å². The van der Waals surface area contributed by atoms with Gasteiger partial charge in [-0.25, -0.2) is 0 Å². The molecule has 0 unspecified atom stereocenters. The molecule has 0 spiro atoms. The van der Waals surface area contributed by atoms with Gasteiger partial charge in [-0.15, -0.1) is 0 Å². The van der Waals surface area contributed by atoms with Gasteiger partial charge in [0.2, 0.25) is 5.91 Å². The smallest absolute Gasteiger partial charge is 0.282 e. The van der Waals surface area contributed by atoms with Crippen molar-refractivity contribution >= 4 is 16.1 Å². The number of phenols is 1. The van der Waals surface area contributed by atoms with Crippen molar-refractivity contribution in [2.24, 2.45) is 0 Å². The third-order valence-corrected chi connectivity index (χ3v) is 7.44. The molecule has 2 heterocycles. The Morgan fingerprint density at radius 2 is 1.48 bits per heavy atom. The number of aryl methyl sites for hydroxylation is 1. The maximum atomic E-state index is 12.8. The van der Waals surface area contributed by atoms with Crippen LogP contribution in [0.25, 0.3) is 0 Å². The molecule has 7 nitrogen and oxygen atoms in total. The van der Waals surface area contributed by atoms with Gasteiger partial charge < -0.3 is 10.0 Å². The average Bonchev–Trinajstić information content (AvgIpc) is 2.97. The molecule has 1 aromatic rings. The number of hydrogen-bond donors (Lipinski definition) is 1. The van der Waals surface area contributed by atoms with Crippen molar-refractivity contribution in [3.8, 4) is 5.75 Å². The topological polar surface area (TPSA) is 81.2 Å². The third kappa shape index (κ3) is 5.00. The molecule has 2 fully saturated rings. The molecular weight excluding hydrogens is 366 g/mol. The molecule has 1 aromatic carbocycles. The van der Waals surface area contributed by atoms with Crippen LogP contribution in [0, 0.1) is 0 Å². The molecule has 2 aliphatic rings. The van der Waals surface area contributed by atoms with Crippen molar-refractivity contribution in [2.45, 2.75) is 38.5 Å². The molecule has 0 saturated carbocycles. The summed E-state index contributed by atoms with van der Waals surface area (Å²) in [5.41, 5.74) is 0.758. The maximum absolute atomic E-state index is 12.8. The zero-order chi connectivity index (χ0) is 19.3. The van der Waals surface area contributed by atoms with E-state index in [0.29, 0.717) is 52.1 Å². The van der Waals surface area contributed by atoms with Crippen LogP contribution in [0.2, 0.25) is 0 Å². The van der Waals surface area contributed by atoms with E-state index in [1.165, 1.54) is 4.31 Å². The average molecular weight is 396 g/mol. The van der Waals surface area contributed by atoms with Crippen molar-refractivity contribution in [1.29, 1.82) is 0 Å². The molecule has 1 N–H and O–H groups in total. The van der Waals surface area contributed by atoms with Crippen molar-refractivity contribution in [1.82, 2.24) is 13.5 Å². The summed E-state index contributed by atoms with van der Waals surface area (Å²) in [4.78, 5) is 14.2.